The van der Waals surface area contributed by atoms with Crippen molar-refractivity contribution in [2.45, 2.75) is 64.7 Å². The van der Waals surface area contributed by atoms with E-state index in [0.717, 1.165) is 5.56 Å². The maximum atomic E-state index is 12.6. The molecule has 160 valence electrons. The van der Waals surface area contributed by atoms with Gasteiger partial charge in [-0.15, -0.1) is 0 Å². The summed E-state index contributed by atoms with van der Waals surface area (Å²) < 4.78 is 17.3. The van der Waals surface area contributed by atoms with Crippen LogP contribution in [0.5, 0.6) is 0 Å². The van der Waals surface area contributed by atoms with Crippen molar-refractivity contribution in [2.24, 2.45) is 0 Å². The van der Waals surface area contributed by atoms with Crippen molar-refractivity contribution < 1.29 is 23.5 Å². The van der Waals surface area contributed by atoms with E-state index in [4.69, 9.17) is 13.9 Å². The molecule has 1 saturated heterocycles. The third kappa shape index (κ3) is 6.01. The van der Waals surface area contributed by atoms with E-state index in [1.165, 1.54) is 4.90 Å². The molecule has 29 heavy (non-hydrogen) atoms. The number of amides is 1. The van der Waals surface area contributed by atoms with Gasteiger partial charge in [0, 0.05) is 0 Å². The van der Waals surface area contributed by atoms with Crippen molar-refractivity contribution in [2.75, 3.05) is 13.2 Å². The highest BCUT2D eigenvalue weighted by atomic mass is 28.4. The maximum Gasteiger partial charge on any atom is 0.355 e. The molecule has 1 aliphatic heterocycles. The summed E-state index contributed by atoms with van der Waals surface area (Å²) in [4.78, 5) is 26.3. The fourth-order valence-electron chi connectivity index (χ4n) is 2.63. The molecule has 1 aromatic carbocycles. The Balaban J connectivity index is 2.06. The Morgan fingerprint density at radius 2 is 1.93 bits per heavy atom. The highest BCUT2D eigenvalue weighted by Crippen LogP contribution is 2.39. The molecule has 2 atom stereocenters. The second-order valence-electron chi connectivity index (χ2n) is 8.59. The average molecular weight is 420 g/mol. The number of β-lactam (4-membered cyclic amide) rings is 1. The van der Waals surface area contributed by atoms with E-state index < -0.39 is 26.7 Å². The Morgan fingerprint density at radius 3 is 2.48 bits per heavy atom. The van der Waals surface area contributed by atoms with E-state index in [9.17, 15) is 9.59 Å². The van der Waals surface area contributed by atoms with Crippen LogP contribution in [0.3, 0.4) is 0 Å². The third-order valence-corrected chi connectivity index (χ3v) is 9.82. The minimum Gasteiger partial charge on any atom is -0.463 e. The van der Waals surface area contributed by atoms with Gasteiger partial charge in [-0.2, -0.15) is 0 Å². The molecule has 1 fully saturated rings. The molecule has 1 aromatic rings. The molecule has 0 N–H and O–H groups in total. The van der Waals surface area contributed by atoms with E-state index in [2.05, 4.69) is 20.8 Å². The van der Waals surface area contributed by atoms with Crippen LogP contribution in [0.15, 0.2) is 36.4 Å². The Morgan fingerprint density at radius 1 is 1.28 bits per heavy atom. The van der Waals surface area contributed by atoms with Crippen molar-refractivity contribution >= 4 is 26.3 Å². The number of rotatable bonds is 9. The first-order valence-electron chi connectivity index (χ1n) is 10.1. The number of esters is 1. The zero-order chi connectivity index (χ0) is 21.7. The normalized spacial score (nSPS) is 18.6. The van der Waals surface area contributed by atoms with Crippen LogP contribution in [-0.2, 0) is 23.5 Å². The molecule has 0 bridgehead atoms. The first kappa shape index (κ1) is 23.3. The van der Waals surface area contributed by atoms with Gasteiger partial charge in [-0.25, -0.2) is 4.79 Å². The highest BCUT2D eigenvalue weighted by molar-refractivity contribution is 6.74. The molecule has 1 amide bonds. The van der Waals surface area contributed by atoms with Gasteiger partial charge in [-0.05, 0) is 30.6 Å². The fourth-order valence-corrected chi connectivity index (χ4v) is 3.75. The van der Waals surface area contributed by atoms with Crippen LogP contribution in [-0.4, -0.2) is 50.8 Å². The van der Waals surface area contributed by atoms with Gasteiger partial charge in [0.05, 0.1) is 19.6 Å². The lowest BCUT2D eigenvalue weighted by molar-refractivity contribution is -0.207. The van der Waals surface area contributed by atoms with Gasteiger partial charge < -0.3 is 13.9 Å². The minimum absolute atomic E-state index is 0.111. The van der Waals surface area contributed by atoms with Crippen LogP contribution in [0, 0.1) is 0 Å². The quantitative estimate of drug-likeness (QED) is 0.341. The van der Waals surface area contributed by atoms with Gasteiger partial charge in [0.1, 0.15) is 6.23 Å². The van der Waals surface area contributed by atoms with Crippen molar-refractivity contribution in [3.05, 3.63) is 42.0 Å². The Labute approximate surface area is 175 Å². The van der Waals surface area contributed by atoms with E-state index >= 15 is 0 Å². The predicted octanol–water partition coefficient (Wildman–Crippen LogP) is 4.19. The molecule has 7 heteroatoms. The van der Waals surface area contributed by atoms with E-state index in [1.54, 1.807) is 6.92 Å². The molecule has 0 aliphatic carbocycles. The smallest absolute Gasteiger partial charge is 0.355 e. The average Bonchev–Trinajstić information content (AvgIpc) is 2.63. The number of nitrogens with zero attached hydrogens (tertiary/aromatic N) is 1. The second kappa shape index (κ2) is 9.69. The van der Waals surface area contributed by atoms with Crippen LogP contribution in [0.25, 0.3) is 6.08 Å². The Hall–Kier alpha value is -1.96. The van der Waals surface area contributed by atoms with Gasteiger partial charge in [-0.1, -0.05) is 63.3 Å². The molecular formula is C22H33NO5Si. The van der Waals surface area contributed by atoms with Gasteiger partial charge >= 0.3 is 5.97 Å². The predicted molar refractivity (Wildman–Crippen MR) is 115 cm³/mol. The molecule has 0 radical (unpaired) electrons. The van der Waals surface area contributed by atoms with Crippen LogP contribution < -0.4 is 0 Å². The van der Waals surface area contributed by atoms with Crippen molar-refractivity contribution in [1.82, 2.24) is 4.90 Å². The summed E-state index contributed by atoms with van der Waals surface area (Å²) in [6.07, 6.45) is 2.52. The standard InChI is InChI=1S/C22H33NO5Si/c1-7-26-21(25)20(28-29(5,6)22(2,3)4)23-18(24)16-19(23)27-15-11-14-17-12-9-8-10-13-17/h8-14,19-20H,7,15-16H2,1-6H3/b14-11+/t19-,20?/m0/s1. The number of carbonyl (C=O) groups is 2. The third-order valence-electron chi connectivity index (χ3n) is 5.40. The molecule has 0 spiro atoms. The summed E-state index contributed by atoms with van der Waals surface area (Å²) >= 11 is 0. The summed E-state index contributed by atoms with van der Waals surface area (Å²) in [6.45, 7) is 12.6. The largest absolute Gasteiger partial charge is 0.463 e. The molecule has 1 heterocycles. The van der Waals surface area contributed by atoms with E-state index in [1.807, 2.05) is 55.6 Å². The van der Waals surface area contributed by atoms with Gasteiger partial charge in [0.15, 0.2) is 8.32 Å². The van der Waals surface area contributed by atoms with Gasteiger partial charge in [0.25, 0.3) is 0 Å². The van der Waals surface area contributed by atoms with Gasteiger partial charge in [-0.3, -0.25) is 9.69 Å². The molecule has 2 rings (SSSR count). The first-order valence-corrected chi connectivity index (χ1v) is 13.0. The monoisotopic (exact) mass is 419 g/mol. The number of hydrogen-bond acceptors (Lipinski definition) is 5. The van der Waals surface area contributed by atoms with E-state index in [0.29, 0.717) is 6.61 Å². The number of hydrogen-bond donors (Lipinski definition) is 0. The number of carbonyl (C=O) groups excluding carboxylic acids is 2. The number of likely N-dealkylation sites (tertiary alicyclic amines) is 1. The first-order chi connectivity index (χ1) is 13.6. The lowest BCUT2D eigenvalue weighted by Gasteiger charge is -2.47. The summed E-state index contributed by atoms with van der Waals surface area (Å²) in [5, 5.41) is -0.111. The molecule has 0 aromatic heterocycles. The molecular weight excluding hydrogens is 386 g/mol. The Bertz CT molecular complexity index is 726. The summed E-state index contributed by atoms with van der Waals surface area (Å²) in [5.74, 6) is -0.711. The topological polar surface area (TPSA) is 65.1 Å². The SMILES string of the molecule is CCOC(=O)C(O[Si](C)(C)C(C)(C)C)N1C(=O)C[C@@H]1OC/C=C/c1ccccc1. The highest BCUT2D eigenvalue weighted by Gasteiger charge is 2.50. The van der Waals surface area contributed by atoms with Crippen LogP contribution in [0.2, 0.25) is 18.1 Å². The van der Waals surface area contributed by atoms with Crippen molar-refractivity contribution in [3.63, 3.8) is 0 Å². The van der Waals surface area contributed by atoms with E-state index in [-0.39, 0.29) is 24.0 Å². The zero-order valence-electron chi connectivity index (χ0n) is 18.3. The molecule has 1 unspecified atom stereocenters. The van der Waals surface area contributed by atoms with Crippen LogP contribution >= 0.6 is 0 Å². The summed E-state index contributed by atoms with van der Waals surface area (Å²) in [5.41, 5.74) is 1.07. The molecule has 6 nitrogen and oxygen atoms in total. The van der Waals surface area contributed by atoms with Crippen molar-refractivity contribution in [3.8, 4) is 0 Å². The molecule has 0 saturated carbocycles. The lowest BCUT2D eigenvalue weighted by Crippen LogP contribution is -2.64. The fraction of sp³-hybridized carbons (Fsp3) is 0.545. The number of ether oxygens (including phenoxy) is 2. The number of benzene rings is 1. The molecule has 1 aliphatic rings. The van der Waals surface area contributed by atoms with Crippen molar-refractivity contribution in [1.29, 1.82) is 0 Å². The van der Waals surface area contributed by atoms with Gasteiger partial charge in [0.2, 0.25) is 12.1 Å². The summed E-state index contributed by atoms with van der Waals surface area (Å²) in [7, 11) is -2.31. The Kier molecular flexibility index (Phi) is 7.79. The maximum absolute atomic E-state index is 12.6. The van der Waals surface area contributed by atoms with Crippen LogP contribution in [0.4, 0.5) is 0 Å². The zero-order valence-corrected chi connectivity index (χ0v) is 19.3. The summed E-state index contributed by atoms with van der Waals surface area (Å²) in [6, 6.07) is 9.90. The second-order valence-corrected chi connectivity index (χ2v) is 13.3. The lowest BCUT2D eigenvalue weighted by atomic mass is 10.1. The van der Waals surface area contributed by atoms with Crippen LogP contribution in [0.1, 0.15) is 39.7 Å². The minimum atomic E-state index is -2.31.